The van der Waals surface area contributed by atoms with Crippen LogP contribution in [0.25, 0.3) is 0 Å². The average molecular weight is 219 g/mol. The second-order valence-corrected chi connectivity index (χ2v) is 2.07. The maximum Gasteiger partial charge on any atom is 0.364 e. The van der Waals surface area contributed by atoms with Gasteiger partial charge in [-0.25, -0.2) is 19.2 Å². The molecule has 0 bridgehead atoms. The molecular weight excluding hydrogens is 213 g/mol. The molecule has 0 atom stereocenters. The molecule has 0 aliphatic carbocycles. The highest BCUT2D eigenvalue weighted by Crippen LogP contribution is 1.86. The lowest BCUT2D eigenvalue weighted by Crippen LogP contribution is -2.34. The molecule has 0 aliphatic rings. The molecule has 1 aromatic rings. The minimum atomic E-state index is -1.60. The van der Waals surface area contributed by atoms with E-state index in [9.17, 15) is 23.6 Å². The van der Waals surface area contributed by atoms with Gasteiger partial charge in [0.2, 0.25) is 5.83 Å². The van der Waals surface area contributed by atoms with E-state index in [1.807, 2.05) is 0 Å². The molecule has 4 N–H and O–H groups in total. The summed E-state index contributed by atoms with van der Waals surface area (Å²) in [6.07, 6.45) is 0. The van der Waals surface area contributed by atoms with E-state index < -0.39 is 28.9 Å². The molecule has 0 spiro atoms. The fraction of sp³-hybridized carbons (Fsp3) is 0. The summed E-state index contributed by atoms with van der Waals surface area (Å²) in [5.74, 6) is -2.93. The summed E-state index contributed by atoms with van der Waals surface area (Å²) in [6, 6.07) is 0. The maximum atomic E-state index is 11.0. The number of halogens is 1. The number of aromatic nitrogens is 3. The molecule has 0 radical (unpaired) electrons. The first-order chi connectivity index (χ1) is 6.82. The topological polar surface area (TPSA) is 136 Å². The van der Waals surface area contributed by atoms with Gasteiger partial charge in [-0.15, -0.1) is 0 Å². The van der Waals surface area contributed by atoms with Gasteiger partial charge in [0.1, 0.15) is 0 Å². The second-order valence-electron chi connectivity index (χ2n) is 2.07. The first-order valence-corrected chi connectivity index (χ1v) is 3.33. The Hall–Kier alpha value is -2.45. The van der Waals surface area contributed by atoms with Gasteiger partial charge in [-0.1, -0.05) is 6.58 Å². The zero-order chi connectivity index (χ0) is 12.0. The van der Waals surface area contributed by atoms with Gasteiger partial charge in [-0.05, 0) is 0 Å². The molecule has 15 heavy (non-hydrogen) atoms. The Balaban J connectivity index is 0.000000288. The lowest BCUT2D eigenvalue weighted by Gasteiger charge is -1.77. The van der Waals surface area contributed by atoms with E-state index in [0.29, 0.717) is 0 Å². The Kier molecular flexibility index (Phi) is 4.45. The number of H-pyrrole nitrogens is 3. The minimum Gasteiger partial charge on any atom is -0.476 e. The Bertz CT molecular complexity index is 434. The summed E-state index contributed by atoms with van der Waals surface area (Å²) in [5, 5.41) is 7.52. The molecule has 8 nitrogen and oxygen atoms in total. The predicted molar refractivity (Wildman–Crippen MR) is 46.2 cm³/mol. The van der Waals surface area contributed by atoms with E-state index in [2.05, 4.69) is 6.58 Å². The molecule has 0 unspecified atom stereocenters. The molecular formula is C6H6FN3O5. The van der Waals surface area contributed by atoms with E-state index in [0.717, 1.165) is 0 Å². The zero-order valence-corrected chi connectivity index (χ0v) is 7.17. The van der Waals surface area contributed by atoms with Crippen LogP contribution in [0, 0.1) is 0 Å². The van der Waals surface area contributed by atoms with Gasteiger partial charge in [-0.3, -0.25) is 15.0 Å². The molecule has 1 aromatic heterocycles. The Morgan fingerprint density at radius 2 is 1.27 bits per heavy atom. The lowest BCUT2D eigenvalue weighted by atomic mass is 10.6. The van der Waals surface area contributed by atoms with Crippen LogP contribution in [0.15, 0.2) is 26.8 Å². The van der Waals surface area contributed by atoms with Crippen LogP contribution in [-0.4, -0.2) is 26.0 Å². The lowest BCUT2D eigenvalue weighted by molar-refractivity contribution is -0.134. The van der Waals surface area contributed by atoms with E-state index in [4.69, 9.17) is 5.11 Å². The van der Waals surface area contributed by atoms with Crippen LogP contribution >= 0.6 is 0 Å². The quantitative estimate of drug-likeness (QED) is 0.417. The molecule has 0 saturated carbocycles. The van der Waals surface area contributed by atoms with Gasteiger partial charge in [0.05, 0.1) is 0 Å². The fourth-order valence-corrected chi connectivity index (χ4v) is 0.403. The van der Waals surface area contributed by atoms with Crippen molar-refractivity contribution >= 4 is 5.97 Å². The number of hydrogen-bond donors (Lipinski definition) is 4. The standard InChI is InChI=1S/C3H3FO2.C3H3N3O3/c1-2(4)3(5)6;7-1-4-2(8)6-3(9)5-1/h1H2,(H,5,6);(H3,4,5,6,7,8,9). The summed E-state index contributed by atoms with van der Waals surface area (Å²) in [5.41, 5.74) is -2.41. The van der Waals surface area contributed by atoms with Crippen molar-refractivity contribution in [2.75, 3.05) is 0 Å². The Morgan fingerprint density at radius 1 is 1.07 bits per heavy atom. The van der Waals surface area contributed by atoms with Gasteiger partial charge < -0.3 is 5.11 Å². The number of carboxylic acid groups (broad SMARTS) is 1. The monoisotopic (exact) mass is 219 g/mol. The van der Waals surface area contributed by atoms with Crippen molar-refractivity contribution in [2.24, 2.45) is 0 Å². The van der Waals surface area contributed by atoms with Crippen LogP contribution in [0.1, 0.15) is 0 Å². The maximum absolute atomic E-state index is 11.0. The van der Waals surface area contributed by atoms with Crippen molar-refractivity contribution in [1.82, 2.24) is 15.0 Å². The molecule has 9 heteroatoms. The molecule has 1 rings (SSSR count). The third kappa shape index (κ3) is 5.74. The molecule has 1 heterocycles. The van der Waals surface area contributed by atoms with Crippen molar-refractivity contribution in [3.8, 4) is 0 Å². The first-order valence-electron chi connectivity index (χ1n) is 3.33. The zero-order valence-electron chi connectivity index (χ0n) is 7.17. The molecule has 0 aromatic carbocycles. The van der Waals surface area contributed by atoms with Crippen LogP contribution in [-0.2, 0) is 4.79 Å². The van der Waals surface area contributed by atoms with E-state index in [1.54, 1.807) is 15.0 Å². The Labute approximate surface area is 80.1 Å². The van der Waals surface area contributed by atoms with Crippen LogP contribution in [0.3, 0.4) is 0 Å². The largest absolute Gasteiger partial charge is 0.476 e. The van der Waals surface area contributed by atoms with Crippen molar-refractivity contribution in [2.45, 2.75) is 0 Å². The number of rotatable bonds is 1. The SMILES string of the molecule is C=C(F)C(=O)O.O=c1[nH]c(=O)[nH]c(=O)[nH]1. The van der Waals surface area contributed by atoms with Crippen molar-refractivity contribution in [3.63, 3.8) is 0 Å². The number of carboxylic acids is 1. The highest BCUT2D eigenvalue weighted by Gasteiger charge is 1.96. The van der Waals surface area contributed by atoms with Gasteiger partial charge in [0, 0.05) is 0 Å². The summed E-state index contributed by atoms with van der Waals surface area (Å²) >= 11 is 0. The highest BCUT2D eigenvalue weighted by molar-refractivity contribution is 5.82. The molecule has 82 valence electrons. The van der Waals surface area contributed by atoms with Crippen LogP contribution in [0.5, 0.6) is 0 Å². The summed E-state index contributed by atoms with van der Waals surface area (Å²) < 4.78 is 11.0. The van der Waals surface area contributed by atoms with Gasteiger partial charge >= 0.3 is 23.0 Å². The van der Waals surface area contributed by atoms with E-state index in [1.165, 1.54) is 0 Å². The first kappa shape index (κ1) is 12.6. The minimum absolute atomic E-state index is 0.802. The van der Waals surface area contributed by atoms with Crippen molar-refractivity contribution in [1.29, 1.82) is 0 Å². The molecule has 0 saturated heterocycles. The van der Waals surface area contributed by atoms with Crippen LogP contribution in [0.4, 0.5) is 4.39 Å². The summed E-state index contributed by atoms with van der Waals surface area (Å²) in [7, 11) is 0. The van der Waals surface area contributed by atoms with Crippen LogP contribution < -0.4 is 17.1 Å². The normalized spacial score (nSPS) is 8.60. The number of carbonyl (C=O) groups is 1. The van der Waals surface area contributed by atoms with Crippen molar-refractivity contribution < 1.29 is 14.3 Å². The molecule has 0 aliphatic heterocycles. The molecule has 0 amide bonds. The summed E-state index contributed by atoms with van der Waals surface area (Å²) in [4.78, 5) is 45.1. The summed E-state index contributed by atoms with van der Waals surface area (Å²) in [6.45, 7) is 2.49. The predicted octanol–water partition coefficient (Wildman–Crippen LogP) is -1.69. The second kappa shape index (κ2) is 5.32. The van der Waals surface area contributed by atoms with Gasteiger partial charge in [-0.2, -0.15) is 4.39 Å². The number of aromatic amines is 3. The third-order valence-corrected chi connectivity index (χ3v) is 0.913. The Morgan fingerprint density at radius 3 is 1.40 bits per heavy atom. The fourth-order valence-electron chi connectivity index (χ4n) is 0.403. The van der Waals surface area contributed by atoms with Gasteiger partial charge in [0.15, 0.2) is 0 Å². The van der Waals surface area contributed by atoms with Crippen molar-refractivity contribution in [3.05, 3.63) is 43.9 Å². The number of nitrogens with one attached hydrogen (secondary N) is 3. The number of hydrogen-bond acceptors (Lipinski definition) is 4. The van der Waals surface area contributed by atoms with E-state index in [-0.39, 0.29) is 0 Å². The smallest absolute Gasteiger partial charge is 0.364 e. The highest BCUT2D eigenvalue weighted by atomic mass is 19.1. The number of aliphatic carboxylic acids is 1. The van der Waals surface area contributed by atoms with Crippen LogP contribution in [0.2, 0.25) is 0 Å². The van der Waals surface area contributed by atoms with Gasteiger partial charge in [0.25, 0.3) is 0 Å². The molecule has 0 fully saturated rings. The third-order valence-electron chi connectivity index (χ3n) is 0.913. The van der Waals surface area contributed by atoms with E-state index >= 15 is 0 Å². The average Bonchev–Trinajstić information content (AvgIpc) is 2.01.